The van der Waals surface area contributed by atoms with Crippen molar-refractivity contribution in [1.82, 2.24) is 4.90 Å². The van der Waals surface area contributed by atoms with Crippen LogP contribution in [0.25, 0.3) is 0 Å². The van der Waals surface area contributed by atoms with E-state index in [2.05, 4.69) is 4.99 Å². The first-order valence-electron chi connectivity index (χ1n) is 8.75. The van der Waals surface area contributed by atoms with Crippen molar-refractivity contribution in [3.63, 3.8) is 0 Å². The molecule has 3 amide bonds. The lowest BCUT2D eigenvalue weighted by Gasteiger charge is -2.22. The lowest BCUT2D eigenvalue weighted by molar-refractivity contribution is -0.142. The van der Waals surface area contributed by atoms with E-state index in [9.17, 15) is 24.3 Å². The van der Waals surface area contributed by atoms with Gasteiger partial charge in [-0.2, -0.15) is 0 Å². The van der Waals surface area contributed by atoms with Gasteiger partial charge in [-0.25, -0.2) is 0 Å². The molecule has 4 rings (SSSR count). The summed E-state index contributed by atoms with van der Waals surface area (Å²) >= 11 is 6.08. The van der Waals surface area contributed by atoms with Crippen LogP contribution in [0.15, 0.2) is 35.0 Å². The minimum absolute atomic E-state index is 0.0158. The van der Waals surface area contributed by atoms with Crippen molar-refractivity contribution in [2.45, 2.75) is 24.7 Å². The largest absolute Gasteiger partial charge is 0.480 e. The molecule has 0 saturated carbocycles. The number of carboxylic acid groups (broad SMARTS) is 1. The number of likely N-dealkylation sites (tertiary alicyclic amines) is 1. The van der Waals surface area contributed by atoms with Crippen LogP contribution in [0.1, 0.15) is 24.8 Å². The van der Waals surface area contributed by atoms with Crippen molar-refractivity contribution in [3.8, 4) is 0 Å². The zero-order valence-corrected chi connectivity index (χ0v) is 15.5. The van der Waals surface area contributed by atoms with Crippen LogP contribution in [-0.4, -0.2) is 53.0 Å². The number of carboxylic acids is 1. The van der Waals surface area contributed by atoms with Gasteiger partial charge in [0.25, 0.3) is 0 Å². The lowest BCUT2D eigenvalue weighted by atomic mass is 9.80. The first-order valence-corrected chi connectivity index (χ1v) is 9.12. The molecule has 1 aromatic rings. The Morgan fingerprint density at radius 3 is 2.61 bits per heavy atom. The number of aliphatic imine (C=N–C) groups is 1. The predicted octanol–water partition coefficient (Wildman–Crippen LogP) is 1.52. The molecule has 1 aromatic carbocycles. The third kappa shape index (κ3) is 2.63. The number of fused-ring (bicyclic) bond motifs is 2. The molecule has 0 radical (unpaired) electrons. The Balaban J connectivity index is 1.77. The van der Waals surface area contributed by atoms with E-state index in [1.165, 1.54) is 18.2 Å². The van der Waals surface area contributed by atoms with E-state index in [0.717, 1.165) is 22.6 Å². The molecular weight excluding hydrogens is 386 g/mol. The molecule has 0 aromatic heterocycles. The van der Waals surface area contributed by atoms with E-state index in [1.54, 1.807) is 6.21 Å². The minimum atomic E-state index is -1.77. The number of nitrogens with zero attached hydrogens (tertiary/aromatic N) is 3. The number of anilines is 1. The number of benzene rings is 1. The van der Waals surface area contributed by atoms with Gasteiger partial charge in [0.05, 0.1) is 18.7 Å². The second-order valence-corrected chi connectivity index (χ2v) is 7.33. The molecule has 1 fully saturated rings. The summed E-state index contributed by atoms with van der Waals surface area (Å²) in [5.74, 6) is -3.10. The van der Waals surface area contributed by atoms with Crippen LogP contribution in [0, 0.1) is 0 Å². The summed E-state index contributed by atoms with van der Waals surface area (Å²) in [7, 11) is 0. The van der Waals surface area contributed by atoms with Crippen molar-refractivity contribution in [2.24, 2.45) is 4.99 Å². The zero-order valence-electron chi connectivity index (χ0n) is 14.7. The highest BCUT2D eigenvalue weighted by Gasteiger charge is 2.64. The van der Waals surface area contributed by atoms with Gasteiger partial charge in [-0.15, -0.1) is 0 Å². The molecule has 3 heterocycles. The Bertz CT molecular complexity index is 986. The van der Waals surface area contributed by atoms with Gasteiger partial charge in [0.1, 0.15) is 6.54 Å². The zero-order chi connectivity index (χ0) is 20.1. The number of imide groups is 1. The number of carbonyl (C=O) groups is 4. The maximum atomic E-state index is 13.3. The maximum Gasteiger partial charge on any atom is 0.323 e. The van der Waals surface area contributed by atoms with Gasteiger partial charge in [-0.05, 0) is 31.0 Å². The average Bonchev–Trinajstić information content (AvgIpc) is 3.03. The lowest BCUT2D eigenvalue weighted by Crippen LogP contribution is -2.47. The molecular formula is C19H16ClN3O5. The van der Waals surface area contributed by atoms with Gasteiger partial charge in [0.15, 0.2) is 5.41 Å². The summed E-state index contributed by atoms with van der Waals surface area (Å²) in [5, 5.41) is 9.48. The Labute approximate surface area is 165 Å². The molecule has 144 valence electrons. The molecule has 1 atom stereocenters. The number of amides is 3. The number of hydrogen-bond donors (Lipinski definition) is 1. The summed E-state index contributed by atoms with van der Waals surface area (Å²) in [6, 6.07) is 4.48. The Morgan fingerprint density at radius 2 is 1.93 bits per heavy atom. The molecule has 0 bridgehead atoms. The van der Waals surface area contributed by atoms with Gasteiger partial charge < -0.3 is 5.11 Å². The van der Waals surface area contributed by atoms with Gasteiger partial charge in [-0.3, -0.25) is 34.0 Å². The van der Waals surface area contributed by atoms with Crippen molar-refractivity contribution in [3.05, 3.63) is 40.6 Å². The van der Waals surface area contributed by atoms with E-state index >= 15 is 0 Å². The summed E-state index contributed by atoms with van der Waals surface area (Å²) in [6.45, 7) is -0.621. The quantitative estimate of drug-likeness (QED) is 0.608. The van der Waals surface area contributed by atoms with Crippen molar-refractivity contribution >= 4 is 47.2 Å². The third-order valence-corrected chi connectivity index (χ3v) is 5.43. The first-order chi connectivity index (χ1) is 13.3. The van der Waals surface area contributed by atoms with E-state index < -0.39 is 35.7 Å². The molecule has 1 spiro atoms. The number of halogens is 1. The molecule has 9 heteroatoms. The van der Waals surface area contributed by atoms with E-state index in [0.29, 0.717) is 10.7 Å². The number of allylic oxidation sites excluding steroid dienone is 1. The highest BCUT2D eigenvalue weighted by atomic mass is 35.5. The van der Waals surface area contributed by atoms with Crippen LogP contribution in [0.5, 0.6) is 0 Å². The Hall–Kier alpha value is -3.00. The smallest absolute Gasteiger partial charge is 0.323 e. The Kier molecular flexibility index (Phi) is 4.30. The fourth-order valence-corrected chi connectivity index (χ4v) is 4.11. The number of carbonyl (C=O) groups excluding carboxylic acids is 3. The topological polar surface area (TPSA) is 107 Å². The first kappa shape index (κ1) is 18.4. The SMILES string of the molecule is O=C(O)CN1C(=O)C2(CC(=O)N(CC3=CCCC=N3)C2=O)c2cc(Cl)ccc21. The van der Waals surface area contributed by atoms with Crippen LogP contribution in [-0.2, 0) is 24.6 Å². The second kappa shape index (κ2) is 6.56. The normalized spacial score (nSPS) is 23.6. The number of aliphatic carboxylic acids is 1. The van der Waals surface area contributed by atoms with Gasteiger partial charge in [-0.1, -0.05) is 17.7 Å². The van der Waals surface area contributed by atoms with Crippen molar-refractivity contribution < 1.29 is 24.3 Å². The minimum Gasteiger partial charge on any atom is -0.480 e. The summed E-state index contributed by atoms with van der Waals surface area (Å²) in [4.78, 5) is 56.7. The van der Waals surface area contributed by atoms with Crippen LogP contribution in [0.3, 0.4) is 0 Å². The van der Waals surface area contributed by atoms with E-state index in [4.69, 9.17) is 11.6 Å². The summed E-state index contributed by atoms with van der Waals surface area (Å²) < 4.78 is 0. The molecule has 1 N–H and O–H groups in total. The van der Waals surface area contributed by atoms with Gasteiger partial charge in [0.2, 0.25) is 17.7 Å². The predicted molar refractivity (Wildman–Crippen MR) is 100 cm³/mol. The van der Waals surface area contributed by atoms with Crippen LogP contribution in [0.2, 0.25) is 5.02 Å². The average molecular weight is 402 g/mol. The standard InChI is InChI=1S/C19H16ClN3O5/c20-11-4-5-14-13(7-11)19(17(27)22(14)10-16(25)26)8-15(24)23(18(19)28)9-12-3-1-2-6-21-12/h3-7H,1-2,8-10H2,(H,25,26). The molecule has 3 aliphatic rings. The van der Waals surface area contributed by atoms with E-state index in [1.807, 2.05) is 6.08 Å². The van der Waals surface area contributed by atoms with Crippen LogP contribution in [0.4, 0.5) is 5.69 Å². The molecule has 1 saturated heterocycles. The number of hydrogen-bond acceptors (Lipinski definition) is 5. The monoisotopic (exact) mass is 401 g/mol. The number of rotatable bonds is 4. The second-order valence-electron chi connectivity index (χ2n) is 6.90. The fourth-order valence-electron chi connectivity index (χ4n) is 3.94. The van der Waals surface area contributed by atoms with Crippen LogP contribution >= 0.6 is 11.6 Å². The fraction of sp³-hybridized carbons (Fsp3) is 0.316. The maximum absolute atomic E-state index is 13.3. The highest BCUT2D eigenvalue weighted by Crippen LogP contribution is 2.49. The molecule has 1 unspecified atom stereocenters. The van der Waals surface area contributed by atoms with Gasteiger partial charge in [0, 0.05) is 22.5 Å². The van der Waals surface area contributed by atoms with Crippen molar-refractivity contribution in [2.75, 3.05) is 18.0 Å². The summed E-state index contributed by atoms with van der Waals surface area (Å²) in [5.41, 5.74) is -0.627. The van der Waals surface area contributed by atoms with Gasteiger partial charge >= 0.3 is 5.97 Å². The van der Waals surface area contributed by atoms with E-state index in [-0.39, 0.29) is 24.2 Å². The molecule has 0 aliphatic carbocycles. The third-order valence-electron chi connectivity index (χ3n) is 5.19. The molecule has 8 nitrogen and oxygen atoms in total. The van der Waals surface area contributed by atoms with Crippen LogP contribution < -0.4 is 4.90 Å². The Morgan fingerprint density at radius 1 is 1.18 bits per heavy atom. The van der Waals surface area contributed by atoms with Crippen molar-refractivity contribution in [1.29, 1.82) is 0 Å². The molecule has 28 heavy (non-hydrogen) atoms. The molecule has 3 aliphatic heterocycles. The summed E-state index contributed by atoms with van der Waals surface area (Å²) in [6.07, 6.45) is 4.78. The highest BCUT2D eigenvalue weighted by molar-refractivity contribution is 6.33.